The van der Waals surface area contributed by atoms with Gasteiger partial charge in [-0.1, -0.05) is 35.9 Å². The fourth-order valence-corrected chi connectivity index (χ4v) is 5.26. The van der Waals surface area contributed by atoms with Crippen molar-refractivity contribution in [2.24, 2.45) is 0 Å². The summed E-state index contributed by atoms with van der Waals surface area (Å²) in [6.45, 7) is 6.07. The van der Waals surface area contributed by atoms with Crippen molar-refractivity contribution in [1.82, 2.24) is 0 Å². The van der Waals surface area contributed by atoms with Crippen LogP contribution in [0.3, 0.4) is 0 Å². The number of phenols is 1. The molecule has 2 aliphatic heterocycles. The van der Waals surface area contributed by atoms with Gasteiger partial charge in [0.25, 0.3) is 0 Å². The average Bonchev–Trinajstić information content (AvgIpc) is 2.78. The van der Waals surface area contributed by atoms with Gasteiger partial charge in [-0.05, 0) is 62.2 Å². The van der Waals surface area contributed by atoms with Crippen molar-refractivity contribution in [2.45, 2.75) is 32.5 Å². The van der Waals surface area contributed by atoms with E-state index in [9.17, 15) is 18.3 Å². The zero-order chi connectivity index (χ0) is 26.0. The van der Waals surface area contributed by atoms with E-state index in [2.05, 4.69) is 11.4 Å². The number of anilines is 1. The second-order valence-corrected chi connectivity index (χ2v) is 9.77. The van der Waals surface area contributed by atoms with Crippen LogP contribution in [0.2, 0.25) is 5.02 Å². The molecule has 2 aliphatic rings. The predicted molar refractivity (Wildman–Crippen MR) is 136 cm³/mol. The highest BCUT2D eigenvalue weighted by atomic mass is 35.5. The number of allylic oxidation sites excluding steroid dienone is 1. The third-order valence-corrected chi connectivity index (χ3v) is 6.71. The quantitative estimate of drug-likeness (QED) is 0.362. The Balaban J connectivity index is 1.83. The van der Waals surface area contributed by atoms with Gasteiger partial charge >= 0.3 is 6.18 Å². The largest absolute Gasteiger partial charge is 0.504 e. The van der Waals surface area contributed by atoms with E-state index in [4.69, 9.17) is 21.1 Å². The first kappa shape index (κ1) is 24.1. The highest BCUT2D eigenvalue weighted by Crippen LogP contribution is 2.54. The van der Waals surface area contributed by atoms with Crippen molar-refractivity contribution in [1.29, 1.82) is 0 Å². The van der Waals surface area contributed by atoms with E-state index in [1.165, 1.54) is 31.4 Å². The molecular weight excluding hydrogens is 491 g/mol. The Morgan fingerprint density at radius 1 is 1.06 bits per heavy atom. The molecule has 36 heavy (non-hydrogen) atoms. The molecule has 0 unspecified atom stereocenters. The van der Waals surface area contributed by atoms with E-state index in [1.54, 1.807) is 6.07 Å². The number of ether oxygens (including phenoxy) is 2. The van der Waals surface area contributed by atoms with E-state index in [-0.39, 0.29) is 22.6 Å². The zero-order valence-corrected chi connectivity index (χ0v) is 20.7. The molecule has 186 valence electrons. The van der Waals surface area contributed by atoms with Crippen molar-refractivity contribution in [3.63, 3.8) is 0 Å². The summed E-state index contributed by atoms with van der Waals surface area (Å²) in [6, 6.07) is 10.7. The summed E-state index contributed by atoms with van der Waals surface area (Å²) < 4.78 is 52.4. The average molecular weight is 514 g/mol. The standard InChI is InChI=1S/C28H23ClF3NO3/c1-14-13-27(2,3)33-18-9-8-16-23(22(14)18)21(36-20-11-10-19(34)26(35-4)24(16)20)12-15-6-5-7-17(25(15)29)28(30,31)32/h5-13,33-34H,1-4H3. The van der Waals surface area contributed by atoms with Gasteiger partial charge in [0.05, 0.1) is 28.8 Å². The van der Waals surface area contributed by atoms with Crippen molar-refractivity contribution in [2.75, 3.05) is 12.4 Å². The maximum absolute atomic E-state index is 13.5. The van der Waals surface area contributed by atoms with Gasteiger partial charge in [0.2, 0.25) is 0 Å². The summed E-state index contributed by atoms with van der Waals surface area (Å²) in [5, 5.41) is 13.5. The second kappa shape index (κ2) is 8.23. The van der Waals surface area contributed by atoms with Crippen LogP contribution in [0.5, 0.6) is 17.2 Å². The maximum atomic E-state index is 13.5. The summed E-state index contributed by atoms with van der Waals surface area (Å²) in [7, 11) is 1.45. The van der Waals surface area contributed by atoms with E-state index in [0.29, 0.717) is 28.2 Å². The molecule has 0 bridgehead atoms. The van der Waals surface area contributed by atoms with Gasteiger partial charge in [0.15, 0.2) is 11.5 Å². The van der Waals surface area contributed by atoms with Crippen molar-refractivity contribution >= 4 is 34.7 Å². The summed E-state index contributed by atoms with van der Waals surface area (Å²) in [5.74, 6) is 0.925. The number of benzene rings is 3. The monoisotopic (exact) mass is 513 g/mol. The molecule has 0 saturated heterocycles. The van der Waals surface area contributed by atoms with Crippen LogP contribution in [-0.2, 0) is 6.18 Å². The smallest absolute Gasteiger partial charge is 0.417 e. The summed E-state index contributed by atoms with van der Waals surface area (Å²) in [4.78, 5) is 0. The Morgan fingerprint density at radius 3 is 2.50 bits per heavy atom. The van der Waals surface area contributed by atoms with E-state index >= 15 is 0 Å². The lowest BCUT2D eigenvalue weighted by Gasteiger charge is -2.35. The van der Waals surface area contributed by atoms with Gasteiger partial charge in [-0.15, -0.1) is 0 Å². The molecule has 2 N–H and O–H groups in total. The van der Waals surface area contributed by atoms with Crippen molar-refractivity contribution in [3.05, 3.63) is 75.8 Å². The lowest BCUT2D eigenvalue weighted by Crippen LogP contribution is -2.32. The van der Waals surface area contributed by atoms with Gasteiger partial charge < -0.3 is 19.9 Å². The minimum Gasteiger partial charge on any atom is -0.504 e. The summed E-state index contributed by atoms with van der Waals surface area (Å²) >= 11 is 6.22. The first-order valence-corrected chi connectivity index (χ1v) is 11.6. The molecule has 8 heteroatoms. The number of rotatable bonds is 2. The Kier molecular flexibility index (Phi) is 5.52. The Labute approximate surface area is 211 Å². The van der Waals surface area contributed by atoms with Gasteiger partial charge in [-0.3, -0.25) is 0 Å². The van der Waals surface area contributed by atoms with Crippen LogP contribution in [0.25, 0.3) is 28.5 Å². The molecule has 3 aromatic rings. The van der Waals surface area contributed by atoms with E-state index in [1.807, 2.05) is 32.9 Å². The molecule has 4 nitrogen and oxygen atoms in total. The third kappa shape index (κ3) is 3.88. The molecule has 2 heterocycles. The SMILES string of the molecule is COc1c(O)ccc2c1-c1ccc3c(c1C(=Cc1cccc(C(F)(F)F)c1Cl)O2)C(C)=CC(C)(C)N3. The number of hydrogen-bond acceptors (Lipinski definition) is 4. The molecule has 0 aliphatic carbocycles. The Bertz CT molecular complexity index is 1470. The molecule has 0 radical (unpaired) electrons. The van der Waals surface area contributed by atoms with Crippen LogP contribution < -0.4 is 14.8 Å². The normalized spacial score (nSPS) is 16.8. The van der Waals surface area contributed by atoms with Crippen LogP contribution in [-0.4, -0.2) is 17.8 Å². The number of halogens is 4. The first-order chi connectivity index (χ1) is 16.9. The Morgan fingerprint density at radius 2 is 1.81 bits per heavy atom. The fraction of sp³-hybridized carbons (Fsp3) is 0.214. The lowest BCUT2D eigenvalue weighted by molar-refractivity contribution is -0.137. The van der Waals surface area contributed by atoms with Crippen LogP contribution in [0.4, 0.5) is 18.9 Å². The number of nitrogens with one attached hydrogen (secondary N) is 1. The molecule has 0 fully saturated rings. The van der Waals surface area contributed by atoms with Gasteiger partial charge in [0, 0.05) is 22.4 Å². The maximum Gasteiger partial charge on any atom is 0.417 e. The predicted octanol–water partition coefficient (Wildman–Crippen LogP) is 8.24. The molecule has 0 saturated carbocycles. The molecule has 0 spiro atoms. The van der Waals surface area contributed by atoms with Crippen LogP contribution in [0.15, 0.2) is 48.5 Å². The number of hydrogen-bond donors (Lipinski definition) is 2. The molecule has 0 atom stereocenters. The molecule has 3 aromatic carbocycles. The lowest BCUT2D eigenvalue weighted by atomic mass is 9.82. The topological polar surface area (TPSA) is 50.7 Å². The number of methoxy groups -OCH3 is 1. The highest BCUT2D eigenvalue weighted by Gasteiger charge is 2.35. The zero-order valence-electron chi connectivity index (χ0n) is 20.0. The highest BCUT2D eigenvalue weighted by molar-refractivity contribution is 6.33. The minimum atomic E-state index is -4.59. The van der Waals surface area contributed by atoms with Gasteiger partial charge in [-0.25, -0.2) is 0 Å². The molecular formula is C28H23ClF3NO3. The van der Waals surface area contributed by atoms with Gasteiger partial charge in [-0.2, -0.15) is 13.2 Å². The first-order valence-electron chi connectivity index (χ1n) is 11.2. The van der Waals surface area contributed by atoms with Crippen molar-refractivity contribution < 1.29 is 27.8 Å². The summed E-state index contributed by atoms with van der Waals surface area (Å²) in [6.07, 6.45) is -0.992. The molecule has 0 amide bonds. The number of fused-ring (bicyclic) bond motifs is 5. The number of phenolic OH excluding ortho intramolecular Hbond substituents is 1. The van der Waals surface area contributed by atoms with Crippen LogP contribution in [0, 0.1) is 0 Å². The molecule has 5 rings (SSSR count). The number of aromatic hydroxyl groups is 1. The van der Waals surface area contributed by atoms with E-state index in [0.717, 1.165) is 22.9 Å². The van der Waals surface area contributed by atoms with Gasteiger partial charge in [0.1, 0.15) is 11.5 Å². The Hall–Kier alpha value is -3.58. The second-order valence-electron chi connectivity index (χ2n) is 9.39. The van der Waals surface area contributed by atoms with E-state index < -0.39 is 16.8 Å². The summed E-state index contributed by atoms with van der Waals surface area (Å²) in [5.41, 5.74) is 3.55. The van der Waals surface area contributed by atoms with Crippen LogP contribution in [0.1, 0.15) is 43.0 Å². The fourth-order valence-electron chi connectivity index (χ4n) is 4.97. The molecule has 0 aromatic heterocycles. The minimum absolute atomic E-state index is 0.0524. The van der Waals surface area contributed by atoms with Crippen LogP contribution >= 0.6 is 11.6 Å². The number of alkyl halides is 3. The third-order valence-electron chi connectivity index (χ3n) is 6.29. The van der Waals surface area contributed by atoms with Crippen molar-refractivity contribution in [3.8, 4) is 28.4 Å².